The Hall–Kier alpha value is -2.58. The molecular weight excluding hydrogens is 378 g/mol. The molecule has 0 atom stereocenters. The van der Waals surface area contributed by atoms with E-state index in [-0.39, 0.29) is 0 Å². The molecule has 0 amide bonds. The van der Waals surface area contributed by atoms with Crippen LogP contribution in [0.25, 0.3) is 22.2 Å². The van der Waals surface area contributed by atoms with Crippen molar-refractivity contribution in [2.45, 2.75) is 51.3 Å². The van der Waals surface area contributed by atoms with Gasteiger partial charge in [0, 0.05) is 28.4 Å². The van der Waals surface area contributed by atoms with Gasteiger partial charge in [0.15, 0.2) is 0 Å². The Balaban J connectivity index is 1.83. The molecule has 2 aromatic carbocycles. The number of aromatic nitrogens is 1. The topological polar surface area (TPSA) is 50.0 Å². The van der Waals surface area contributed by atoms with Crippen molar-refractivity contribution in [1.29, 1.82) is 5.26 Å². The molecule has 0 bridgehead atoms. The van der Waals surface area contributed by atoms with Gasteiger partial charge in [-0.1, -0.05) is 26.0 Å². The molecule has 0 saturated heterocycles. The molecule has 0 spiro atoms. The second kappa shape index (κ2) is 8.42. The van der Waals surface area contributed by atoms with E-state index in [4.69, 9.17) is 4.74 Å². The first kappa shape index (κ1) is 19.7. The number of anilines is 1. The molecule has 0 radical (unpaired) electrons. The maximum absolute atomic E-state index is 10.0. The van der Waals surface area contributed by atoms with Gasteiger partial charge in [-0.3, -0.25) is 0 Å². The van der Waals surface area contributed by atoms with E-state index in [0.29, 0.717) is 17.9 Å². The first-order chi connectivity index (χ1) is 14.1. The monoisotopic (exact) mass is 405 g/mol. The molecule has 1 aliphatic carbocycles. The van der Waals surface area contributed by atoms with Crippen LogP contribution < -0.4 is 9.46 Å². The zero-order valence-electron chi connectivity index (χ0n) is 17.2. The van der Waals surface area contributed by atoms with E-state index < -0.39 is 0 Å². The third-order valence-electron chi connectivity index (χ3n) is 5.41. The van der Waals surface area contributed by atoms with Crippen molar-refractivity contribution in [3.8, 4) is 23.1 Å². The summed E-state index contributed by atoms with van der Waals surface area (Å²) < 4.78 is 11.5. The van der Waals surface area contributed by atoms with E-state index in [1.807, 2.05) is 19.1 Å². The summed E-state index contributed by atoms with van der Waals surface area (Å²) in [5.41, 5.74) is 5.06. The molecular formula is C24H27N3OS. The average Bonchev–Trinajstić information content (AvgIpc) is 2.99. The predicted molar refractivity (Wildman–Crippen MR) is 122 cm³/mol. The predicted octanol–water partition coefficient (Wildman–Crippen LogP) is 6.77. The van der Waals surface area contributed by atoms with Gasteiger partial charge in [0.2, 0.25) is 0 Å². The van der Waals surface area contributed by atoms with Gasteiger partial charge in [0.1, 0.15) is 11.8 Å². The summed E-state index contributed by atoms with van der Waals surface area (Å²) in [4.78, 5) is 0. The summed E-state index contributed by atoms with van der Waals surface area (Å²) >= 11 is 1.70. The van der Waals surface area contributed by atoms with E-state index in [9.17, 15) is 5.26 Å². The Morgan fingerprint density at radius 1 is 1.21 bits per heavy atom. The number of rotatable bonds is 7. The Morgan fingerprint density at radius 2 is 1.97 bits per heavy atom. The third-order valence-corrected chi connectivity index (χ3v) is 6.23. The highest BCUT2D eigenvalue weighted by Gasteiger charge is 2.28. The average molecular weight is 406 g/mol. The lowest BCUT2D eigenvalue weighted by atomic mass is 9.92. The van der Waals surface area contributed by atoms with Gasteiger partial charge in [0.05, 0.1) is 23.4 Å². The van der Waals surface area contributed by atoms with E-state index in [1.54, 1.807) is 11.9 Å². The second-order valence-electron chi connectivity index (χ2n) is 7.75. The summed E-state index contributed by atoms with van der Waals surface area (Å²) in [6.45, 7) is 6.96. The zero-order chi connectivity index (χ0) is 20.4. The number of ether oxygens (including phenoxy) is 1. The molecule has 0 aliphatic heterocycles. The van der Waals surface area contributed by atoms with Gasteiger partial charge in [-0.05, 0) is 68.0 Å². The van der Waals surface area contributed by atoms with E-state index >= 15 is 0 Å². The third kappa shape index (κ3) is 3.82. The lowest BCUT2D eigenvalue weighted by Crippen LogP contribution is -2.17. The lowest BCUT2D eigenvalue weighted by molar-refractivity contribution is 0.322. The SMILES string of the molecule is CCOc1ccc2c(C#N)c(-c3ccc(NSC(C)C)cc3)n(C3CCC3)c2c1. The Bertz CT molecular complexity index is 1040. The quantitative estimate of drug-likeness (QED) is 0.441. The Kier molecular flexibility index (Phi) is 5.73. The van der Waals surface area contributed by atoms with Crippen LogP contribution in [-0.2, 0) is 0 Å². The molecule has 0 unspecified atom stereocenters. The van der Waals surface area contributed by atoms with Crippen molar-refractivity contribution in [1.82, 2.24) is 4.57 Å². The number of hydrogen-bond acceptors (Lipinski definition) is 4. The summed E-state index contributed by atoms with van der Waals surface area (Å²) in [6, 6.07) is 17.5. The van der Waals surface area contributed by atoms with Crippen LogP contribution in [0.2, 0.25) is 0 Å². The number of benzene rings is 2. The summed E-state index contributed by atoms with van der Waals surface area (Å²) in [7, 11) is 0. The fraction of sp³-hybridized carbons (Fsp3) is 0.375. The number of nitrogens with one attached hydrogen (secondary N) is 1. The van der Waals surface area contributed by atoms with Gasteiger partial charge < -0.3 is 14.0 Å². The largest absolute Gasteiger partial charge is 0.494 e. The minimum atomic E-state index is 0.445. The number of nitrogens with zero attached hydrogens (tertiary/aromatic N) is 2. The molecule has 29 heavy (non-hydrogen) atoms. The van der Waals surface area contributed by atoms with Crippen LogP contribution >= 0.6 is 11.9 Å². The van der Waals surface area contributed by atoms with Crippen molar-refractivity contribution >= 4 is 28.5 Å². The van der Waals surface area contributed by atoms with E-state index in [2.05, 4.69) is 59.5 Å². The molecule has 4 nitrogen and oxygen atoms in total. The van der Waals surface area contributed by atoms with Crippen molar-refractivity contribution in [3.05, 3.63) is 48.0 Å². The smallest absolute Gasteiger partial charge is 0.121 e. The molecule has 150 valence electrons. The lowest BCUT2D eigenvalue weighted by Gasteiger charge is -2.30. The van der Waals surface area contributed by atoms with Crippen LogP contribution in [0.4, 0.5) is 5.69 Å². The highest BCUT2D eigenvalue weighted by Crippen LogP contribution is 2.43. The highest BCUT2D eigenvalue weighted by molar-refractivity contribution is 8.01. The molecule has 5 heteroatoms. The van der Waals surface area contributed by atoms with Crippen LogP contribution in [0.15, 0.2) is 42.5 Å². The van der Waals surface area contributed by atoms with Crippen LogP contribution in [0.5, 0.6) is 5.75 Å². The maximum atomic E-state index is 10.0. The molecule has 1 N–H and O–H groups in total. The van der Waals surface area contributed by atoms with Gasteiger partial charge in [0.25, 0.3) is 0 Å². The first-order valence-corrected chi connectivity index (χ1v) is 11.2. The first-order valence-electron chi connectivity index (χ1n) is 10.3. The number of hydrogen-bond donors (Lipinski definition) is 1. The highest BCUT2D eigenvalue weighted by atomic mass is 32.2. The molecule has 1 fully saturated rings. The van der Waals surface area contributed by atoms with Gasteiger partial charge in [-0.15, -0.1) is 0 Å². The Labute approximate surface area is 177 Å². The van der Waals surface area contributed by atoms with Gasteiger partial charge >= 0.3 is 0 Å². The normalized spacial score (nSPS) is 14.0. The summed E-state index contributed by atoms with van der Waals surface area (Å²) in [5.74, 6) is 0.861. The van der Waals surface area contributed by atoms with E-state index in [0.717, 1.165) is 52.0 Å². The van der Waals surface area contributed by atoms with Crippen molar-refractivity contribution in [3.63, 3.8) is 0 Å². The van der Waals surface area contributed by atoms with E-state index in [1.165, 1.54) is 6.42 Å². The van der Waals surface area contributed by atoms with Crippen molar-refractivity contribution in [2.75, 3.05) is 11.3 Å². The molecule has 1 aromatic heterocycles. The molecule has 1 heterocycles. The van der Waals surface area contributed by atoms with Crippen LogP contribution in [-0.4, -0.2) is 16.4 Å². The molecule has 3 aromatic rings. The maximum Gasteiger partial charge on any atom is 0.121 e. The van der Waals surface area contributed by atoms with Crippen LogP contribution in [0.1, 0.15) is 51.6 Å². The summed E-state index contributed by atoms with van der Waals surface area (Å²) in [5, 5.41) is 11.5. The minimum Gasteiger partial charge on any atom is -0.494 e. The zero-order valence-corrected chi connectivity index (χ0v) is 18.1. The molecule has 1 aliphatic rings. The van der Waals surface area contributed by atoms with Crippen LogP contribution in [0.3, 0.4) is 0 Å². The minimum absolute atomic E-state index is 0.445. The second-order valence-corrected chi connectivity index (χ2v) is 9.13. The fourth-order valence-corrected chi connectivity index (χ4v) is 4.36. The molecule has 1 saturated carbocycles. The van der Waals surface area contributed by atoms with Crippen molar-refractivity contribution in [2.24, 2.45) is 0 Å². The van der Waals surface area contributed by atoms with Crippen molar-refractivity contribution < 1.29 is 4.74 Å². The standard InChI is InChI=1S/C24H27N3OS/c1-4-28-20-12-13-21-22(15-25)24(27(23(21)14-20)19-6-5-7-19)17-8-10-18(11-9-17)26-29-16(2)3/h8-14,16,19,26H,4-7H2,1-3H3. The fourth-order valence-electron chi connectivity index (χ4n) is 3.85. The molecule has 4 rings (SSSR count). The van der Waals surface area contributed by atoms with Gasteiger partial charge in [-0.25, -0.2) is 0 Å². The number of nitriles is 1. The number of fused-ring (bicyclic) bond motifs is 1. The Morgan fingerprint density at radius 3 is 2.55 bits per heavy atom. The van der Waals surface area contributed by atoms with Crippen LogP contribution in [0, 0.1) is 11.3 Å². The summed E-state index contributed by atoms with van der Waals surface area (Å²) in [6.07, 6.45) is 3.56. The van der Waals surface area contributed by atoms with Gasteiger partial charge in [-0.2, -0.15) is 5.26 Å².